The highest BCUT2D eigenvalue weighted by Crippen LogP contribution is 2.25. The minimum atomic E-state index is -0.949. The molecule has 0 radical (unpaired) electrons. The molecule has 148 valence electrons. The van der Waals surface area contributed by atoms with Gasteiger partial charge in [0.1, 0.15) is 0 Å². The van der Waals surface area contributed by atoms with E-state index in [1.807, 2.05) is 42.5 Å². The van der Waals surface area contributed by atoms with Crippen molar-refractivity contribution in [1.82, 2.24) is 4.98 Å². The molecule has 1 aromatic heterocycles. The number of aromatic nitrogens is 1. The van der Waals surface area contributed by atoms with Crippen molar-refractivity contribution in [3.05, 3.63) is 84.2 Å². The summed E-state index contributed by atoms with van der Waals surface area (Å²) in [6.07, 6.45) is 5.69. The molecule has 0 atom stereocenters. The Morgan fingerprint density at radius 3 is 2.31 bits per heavy atom. The molecule has 29 heavy (non-hydrogen) atoms. The fourth-order valence-electron chi connectivity index (χ4n) is 3.20. The minimum Gasteiger partial charge on any atom is -0.478 e. The summed E-state index contributed by atoms with van der Waals surface area (Å²) in [5.74, 6) is -0.867. The number of carbonyl (C=O) groups is 2. The number of benzene rings is 2. The lowest BCUT2D eigenvalue weighted by Crippen LogP contribution is -2.30. The van der Waals surface area contributed by atoms with Crippen molar-refractivity contribution in [3.63, 3.8) is 0 Å². The first kappa shape index (κ1) is 20.3. The molecular formula is C24H24N2O3. The predicted molar refractivity (Wildman–Crippen MR) is 114 cm³/mol. The third-order valence-electron chi connectivity index (χ3n) is 4.78. The van der Waals surface area contributed by atoms with Gasteiger partial charge in [-0.1, -0.05) is 55.8 Å². The second-order valence-corrected chi connectivity index (χ2v) is 6.84. The Bertz CT molecular complexity index is 969. The number of hydrogen-bond acceptors (Lipinski definition) is 3. The summed E-state index contributed by atoms with van der Waals surface area (Å²) in [6, 6.07) is 18.3. The summed E-state index contributed by atoms with van der Waals surface area (Å²) < 4.78 is 0. The van der Waals surface area contributed by atoms with E-state index in [4.69, 9.17) is 0 Å². The van der Waals surface area contributed by atoms with E-state index in [9.17, 15) is 14.7 Å². The lowest BCUT2D eigenvalue weighted by Gasteiger charge is -2.23. The van der Waals surface area contributed by atoms with Gasteiger partial charge in [0.25, 0.3) is 0 Å². The fraction of sp³-hybridized carbons (Fsp3) is 0.208. The van der Waals surface area contributed by atoms with Crippen molar-refractivity contribution in [2.45, 2.75) is 32.7 Å². The molecular weight excluding hydrogens is 364 g/mol. The second kappa shape index (κ2) is 9.64. The summed E-state index contributed by atoms with van der Waals surface area (Å²) in [5, 5.41) is 9.41. The summed E-state index contributed by atoms with van der Waals surface area (Å²) >= 11 is 0. The van der Waals surface area contributed by atoms with Crippen LogP contribution in [-0.4, -0.2) is 22.0 Å². The Morgan fingerprint density at radius 2 is 1.66 bits per heavy atom. The van der Waals surface area contributed by atoms with Gasteiger partial charge in [-0.05, 0) is 41.3 Å². The smallest absolute Gasteiger partial charge is 0.336 e. The highest BCUT2D eigenvalue weighted by atomic mass is 16.4. The van der Waals surface area contributed by atoms with Crippen molar-refractivity contribution in [2.75, 3.05) is 4.90 Å². The molecule has 3 rings (SSSR count). The SMILES string of the molecule is CCCCC(=O)N(Cc1ccc(-c2ccccc2C(=O)O)cc1)c1ccncc1. The number of aromatic carboxylic acids is 1. The van der Waals surface area contributed by atoms with Crippen LogP contribution in [0.15, 0.2) is 73.1 Å². The quantitative estimate of drug-likeness (QED) is 0.578. The van der Waals surface area contributed by atoms with E-state index in [0.29, 0.717) is 18.5 Å². The zero-order valence-corrected chi connectivity index (χ0v) is 16.4. The van der Waals surface area contributed by atoms with E-state index in [-0.39, 0.29) is 11.5 Å². The predicted octanol–water partition coefficient (Wildman–Crippen LogP) is 5.17. The lowest BCUT2D eigenvalue weighted by atomic mass is 9.98. The highest BCUT2D eigenvalue weighted by Gasteiger charge is 2.16. The normalized spacial score (nSPS) is 10.5. The molecule has 0 spiro atoms. The largest absolute Gasteiger partial charge is 0.478 e. The van der Waals surface area contributed by atoms with Crippen molar-refractivity contribution >= 4 is 17.6 Å². The molecule has 2 aromatic carbocycles. The monoisotopic (exact) mass is 388 g/mol. The van der Waals surface area contributed by atoms with Crippen LogP contribution in [0.25, 0.3) is 11.1 Å². The number of hydrogen-bond donors (Lipinski definition) is 1. The first-order valence-corrected chi connectivity index (χ1v) is 9.72. The van der Waals surface area contributed by atoms with Gasteiger partial charge in [-0.25, -0.2) is 4.79 Å². The van der Waals surface area contributed by atoms with Gasteiger partial charge < -0.3 is 10.0 Å². The molecule has 0 aliphatic rings. The summed E-state index contributed by atoms with van der Waals surface area (Å²) in [4.78, 5) is 30.0. The molecule has 3 aromatic rings. The van der Waals surface area contributed by atoms with E-state index < -0.39 is 5.97 Å². The molecule has 0 saturated carbocycles. The summed E-state index contributed by atoms with van der Waals surface area (Å²) in [5.41, 5.74) is 3.58. The molecule has 0 fully saturated rings. The first-order chi connectivity index (χ1) is 14.1. The van der Waals surface area contributed by atoms with Gasteiger partial charge in [0.05, 0.1) is 12.1 Å². The average molecular weight is 388 g/mol. The number of amides is 1. The van der Waals surface area contributed by atoms with Crippen LogP contribution in [0, 0.1) is 0 Å². The van der Waals surface area contributed by atoms with Crippen LogP contribution in [-0.2, 0) is 11.3 Å². The Labute approximate surface area is 170 Å². The number of carboxylic acids is 1. The van der Waals surface area contributed by atoms with E-state index in [2.05, 4.69) is 11.9 Å². The van der Waals surface area contributed by atoms with Gasteiger partial charge in [0, 0.05) is 24.5 Å². The van der Waals surface area contributed by atoms with E-state index in [0.717, 1.165) is 29.7 Å². The number of rotatable bonds is 8. The minimum absolute atomic E-state index is 0.0818. The zero-order valence-electron chi connectivity index (χ0n) is 16.4. The Balaban J connectivity index is 1.84. The molecule has 5 nitrogen and oxygen atoms in total. The van der Waals surface area contributed by atoms with E-state index in [1.54, 1.807) is 35.5 Å². The Kier molecular flexibility index (Phi) is 6.74. The summed E-state index contributed by atoms with van der Waals surface area (Å²) in [6.45, 7) is 2.52. The third kappa shape index (κ3) is 5.08. The van der Waals surface area contributed by atoms with Crippen LogP contribution in [0.5, 0.6) is 0 Å². The number of pyridine rings is 1. The zero-order chi connectivity index (χ0) is 20.6. The van der Waals surface area contributed by atoms with Crippen LogP contribution in [0.2, 0.25) is 0 Å². The molecule has 0 unspecified atom stereocenters. The number of unbranched alkanes of at least 4 members (excludes halogenated alkanes) is 1. The maximum Gasteiger partial charge on any atom is 0.336 e. The molecule has 0 aliphatic carbocycles. The number of carbonyl (C=O) groups excluding carboxylic acids is 1. The van der Waals surface area contributed by atoms with Gasteiger partial charge in [-0.3, -0.25) is 9.78 Å². The molecule has 0 bridgehead atoms. The van der Waals surface area contributed by atoms with Gasteiger partial charge in [-0.15, -0.1) is 0 Å². The molecule has 0 saturated heterocycles. The highest BCUT2D eigenvalue weighted by molar-refractivity contribution is 5.96. The number of carboxylic acid groups (broad SMARTS) is 1. The van der Waals surface area contributed by atoms with Crippen molar-refractivity contribution in [3.8, 4) is 11.1 Å². The topological polar surface area (TPSA) is 70.5 Å². The Morgan fingerprint density at radius 1 is 0.966 bits per heavy atom. The molecule has 1 N–H and O–H groups in total. The van der Waals surface area contributed by atoms with Gasteiger partial charge in [0.15, 0.2) is 0 Å². The maximum atomic E-state index is 12.8. The van der Waals surface area contributed by atoms with Gasteiger partial charge in [-0.2, -0.15) is 0 Å². The van der Waals surface area contributed by atoms with E-state index in [1.165, 1.54) is 0 Å². The standard InChI is InChI=1S/C24H24N2O3/c1-2-3-8-23(27)26(20-13-15-25-16-14-20)17-18-9-11-19(12-10-18)21-6-4-5-7-22(21)24(28)29/h4-7,9-16H,2-3,8,17H2,1H3,(H,28,29). The number of nitrogens with zero attached hydrogens (tertiary/aromatic N) is 2. The van der Waals surface area contributed by atoms with E-state index >= 15 is 0 Å². The summed E-state index contributed by atoms with van der Waals surface area (Å²) in [7, 11) is 0. The molecule has 0 aliphatic heterocycles. The van der Waals surface area contributed by atoms with Crippen LogP contribution >= 0.6 is 0 Å². The van der Waals surface area contributed by atoms with Crippen molar-refractivity contribution in [1.29, 1.82) is 0 Å². The van der Waals surface area contributed by atoms with Crippen LogP contribution in [0.1, 0.15) is 42.1 Å². The van der Waals surface area contributed by atoms with Crippen molar-refractivity contribution in [2.24, 2.45) is 0 Å². The van der Waals surface area contributed by atoms with Crippen LogP contribution < -0.4 is 4.90 Å². The Hall–Kier alpha value is -3.47. The van der Waals surface area contributed by atoms with Crippen LogP contribution in [0.3, 0.4) is 0 Å². The fourth-order valence-corrected chi connectivity index (χ4v) is 3.20. The van der Waals surface area contributed by atoms with Gasteiger partial charge in [0.2, 0.25) is 5.91 Å². The number of anilines is 1. The second-order valence-electron chi connectivity index (χ2n) is 6.84. The first-order valence-electron chi connectivity index (χ1n) is 9.72. The third-order valence-corrected chi connectivity index (χ3v) is 4.78. The van der Waals surface area contributed by atoms with Crippen molar-refractivity contribution < 1.29 is 14.7 Å². The van der Waals surface area contributed by atoms with Crippen LogP contribution in [0.4, 0.5) is 5.69 Å². The average Bonchev–Trinajstić information content (AvgIpc) is 2.76. The lowest BCUT2D eigenvalue weighted by molar-refractivity contribution is -0.118. The molecule has 1 heterocycles. The molecule has 1 amide bonds. The van der Waals surface area contributed by atoms with Gasteiger partial charge >= 0.3 is 5.97 Å². The maximum absolute atomic E-state index is 12.8. The molecule has 5 heteroatoms.